The van der Waals surface area contributed by atoms with Crippen molar-refractivity contribution < 1.29 is 13.9 Å². The molecule has 2 N–H and O–H groups in total. The summed E-state index contributed by atoms with van der Waals surface area (Å²) in [6.07, 6.45) is 2.57. The van der Waals surface area contributed by atoms with Crippen LogP contribution in [0.5, 0.6) is 5.75 Å². The van der Waals surface area contributed by atoms with Crippen molar-refractivity contribution in [3.8, 4) is 5.75 Å². The Bertz CT molecular complexity index is 514. The molecule has 0 radical (unpaired) electrons. The number of imidazole rings is 1. The normalized spacial score (nSPS) is 11.1. The van der Waals surface area contributed by atoms with Gasteiger partial charge in [0.15, 0.2) is 0 Å². The first kappa shape index (κ1) is 12.5. The number of para-hydroxylation sites is 1. The van der Waals surface area contributed by atoms with E-state index < -0.39 is 6.55 Å². The SMILES string of the molecule is Oc1ccccc1CNCc1nccn1C(F)F. The fourth-order valence-corrected chi connectivity index (χ4v) is 1.63. The molecule has 18 heavy (non-hydrogen) atoms. The maximum Gasteiger partial charge on any atom is 0.319 e. The van der Waals surface area contributed by atoms with Crippen LogP contribution in [-0.2, 0) is 13.1 Å². The summed E-state index contributed by atoms with van der Waals surface area (Å²) in [6, 6.07) is 6.87. The van der Waals surface area contributed by atoms with Crippen LogP contribution in [0.2, 0.25) is 0 Å². The molecule has 0 amide bonds. The summed E-state index contributed by atoms with van der Waals surface area (Å²) in [5.41, 5.74) is 0.715. The van der Waals surface area contributed by atoms with Gasteiger partial charge >= 0.3 is 6.55 Å². The van der Waals surface area contributed by atoms with Crippen LogP contribution in [-0.4, -0.2) is 14.7 Å². The lowest BCUT2D eigenvalue weighted by Gasteiger charge is -2.08. The number of nitrogens with zero attached hydrogens (tertiary/aromatic N) is 2. The number of alkyl halides is 2. The minimum absolute atomic E-state index is 0.183. The van der Waals surface area contributed by atoms with E-state index in [1.165, 1.54) is 12.4 Å². The van der Waals surface area contributed by atoms with Crippen molar-refractivity contribution in [3.63, 3.8) is 0 Å². The van der Waals surface area contributed by atoms with E-state index in [-0.39, 0.29) is 18.1 Å². The number of rotatable bonds is 5. The van der Waals surface area contributed by atoms with Gasteiger partial charge in [-0.3, -0.25) is 4.57 Å². The summed E-state index contributed by atoms with van der Waals surface area (Å²) in [6.45, 7) is -1.98. The van der Waals surface area contributed by atoms with Crippen molar-refractivity contribution in [2.75, 3.05) is 0 Å². The molecule has 6 heteroatoms. The summed E-state index contributed by atoms with van der Waals surface area (Å²) in [5.74, 6) is 0.447. The number of benzene rings is 1. The highest BCUT2D eigenvalue weighted by Gasteiger charge is 2.10. The number of halogens is 2. The molecule has 0 spiro atoms. The van der Waals surface area contributed by atoms with Gasteiger partial charge in [-0.2, -0.15) is 8.78 Å². The minimum Gasteiger partial charge on any atom is -0.508 e. The Labute approximate surface area is 103 Å². The molecule has 4 nitrogen and oxygen atoms in total. The molecule has 0 saturated carbocycles. The number of phenols is 1. The van der Waals surface area contributed by atoms with Gasteiger partial charge in [-0.1, -0.05) is 18.2 Å². The molecule has 0 unspecified atom stereocenters. The zero-order valence-corrected chi connectivity index (χ0v) is 9.55. The Hall–Kier alpha value is -1.95. The van der Waals surface area contributed by atoms with E-state index in [2.05, 4.69) is 10.3 Å². The van der Waals surface area contributed by atoms with E-state index >= 15 is 0 Å². The quantitative estimate of drug-likeness (QED) is 0.859. The van der Waals surface area contributed by atoms with Gasteiger partial charge in [0.05, 0.1) is 6.54 Å². The molecule has 0 aliphatic carbocycles. The molecule has 0 aliphatic heterocycles. The molecular formula is C12H13F2N3O. The molecule has 1 aromatic heterocycles. The van der Waals surface area contributed by atoms with Crippen LogP contribution in [0, 0.1) is 0 Å². The highest BCUT2D eigenvalue weighted by Crippen LogP contribution is 2.15. The van der Waals surface area contributed by atoms with Gasteiger partial charge in [-0.15, -0.1) is 0 Å². The third-order valence-electron chi connectivity index (χ3n) is 2.55. The maximum atomic E-state index is 12.5. The molecule has 2 aromatic rings. The van der Waals surface area contributed by atoms with Crippen LogP contribution in [0.1, 0.15) is 17.9 Å². The summed E-state index contributed by atoms with van der Waals surface area (Å²) in [7, 11) is 0. The molecular weight excluding hydrogens is 240 g/mol. The molecule has 0 saturated heterocycles. The molecule has 1 aromatic carbocycles. The highest BCUT2D eigenvalue weighted by atomic mass is 19.3. The van der Waals surface area contributed by atoms with Crippen molar-refractivity contribution in [1.82, 2.24) is 14.9 Å². The van der Waals surface area contributed by atoms with Gasteiger partial charge in [-0.25, -0.2) is 4.98 Å². The highest BCUT2D eigenvalue weighted by molar-refractivity contribution is 5.31. The van der Waals surface area contributed by atoms with E-state index in [9.17, 15) is 13.9 Å². The van der Waals surface area contributed by atoms with E-state index in [1.807, 2.05) is 0 Å². The Morgan fingerprint density at radius 3 is 2.78 bits per heavy atom. The number of aromatic nitrogens is 2. The fraction of sp³-hybridized carbons (Fsp3) is 0.250. The Kier molecular flexibility index (Phi) is 3.88. The van der Waals surface area contributed by atoms with E-state index in [0.717, 1.165) is 4.57 Å². The van der Waals surface area contributed by atoms with Crippen LogP contribution >= 0.6 is 0 Å². The molecule has 0 fully saturated rings. The van der Waals surface area contributed by atoms with Crippen LogP contribution in [0.3, 0.4) is 0 Å². The van der Waals surface area contributed by atoms with Crippen molar-refractivity contribution in [1.29, 1.82) is 0 Å². The molecule has 0 bridgehead atoms. The first-order chi connectivity index (χ1) is 8.68. The van der Waals surface area contributed by atoms with Crippen LogP contribution in [0.4, 0.5) is 8.78 Å². The fourth-order valence-electron chi connectivity index (χ4n) is 1.63. The summed E-state index contributed by atoms with van der Waals surface area (Å²) in [5, 5.41) is 12.5. The van der Waals surface area contributed by atoms with Gasteiger partial charge < -0.3 is 10.4 Å². The Morgan fingerprint density at radius 2 is 2.06 bits per heavy atom. The molecule has 0 aliphatic rings. The monoisotopic (exact) mass is 253 g/mol. The number of nitrogens with one attached hydrogen (secondary N) is 1. The first-order valence-electron chi connectivity index (χ1n) is 5.46. The van der Waals surface area contributed by atoms with Gasteiger partial charge in [-0.05, 0) is 6.07 Å². The van der Waals surface area contributed by atoms with Crippen LogP contribution < -0.4 is 5.32 Å². The largest absolute Gasteiger partial charge is 0.508 e. The minimum atomic E-state index is -2.59. The lowest BCUT2D eigenvalue weighted by atomic mass is 10.2. The Balaban J connectivity index is 1.93. The topological polar surface area (TPSA) is 50.1 Å². The first-order valence-corrected chi connectivity index (χ1v) is 5.46. The summed E-state index contributed by atoms with van der Waals surface area (Å²) in [4.78, 5) is 3.85. The molecule has 0 atom stereocenters. The van der Waals surface area contributed by atoms with Gasteiger partial charge in [0.25, 0.3) is 0 Å². The maximum absolute atomic E-state index is 12.5. The average Bonchev–Trinajstić information content (AvgIpc) is 2.80. The van der Waals surface area contributed by atoms with Crippen molar-refractivity contribution in [3.05, 3.63) is 48.0 Å². The smallest absolute Gasteiger partial charge is 0.319 e. The average molecular weight is 253 g/mol. The van der Waals surface area contributed by atoms with E-state index in [1.54, 1.807) is 24.3 Å². The van der Waals surface area contributed by atoms with Gasteiger partial charge in [0, 0.05) is 24.5 Å². The van der Waals surface area contributed by atoms with Crippen molar-refractivity contribution in [2.45, 2.75) is 19.6 Å². The van der Waals surface area contributed by atoms with E-state index in [4.69, 9.17) is 0 Å². The van der Waals surface area contributed by atoms with Crippen molar-refractivity contribution >= 4 is 0 Å². The number of hydrogen-bond acceptors (Lipinski definition) is 3. The second kappa shape index (κ2) is 5.59. The lowest BCUT2D eigenvalue weighted by molar-refractivity contribution is 0.0666. The zero-order valence-electron chi connectivity index (χ0n) is 9.55. The van der Waals surface area contributed by atoms with Crippen LogP contribution in [0.25, 0.3) is 0 Å². The summed E-state index contributed by atoms with van der Waals surface area (Å²) < 4.78 is 25.9. The Morgan fingerprint density at radius 1 is 1.28 bits per heavy atom. The predicted octanol–water partition coefficient (Wildman–Crippen LogP) is 2.27. The number of phenolic OH excluding ortho intramolecular Hbond substituents is 1. The van der Waals surface area contributed by atoms with Gasteiger partial charge in [0.1, 0.15) is 11.6 Å². The molecule has 96 valence electrons. The van der Waals surface area contributed by atoms with Crippen LogP contribution in [0.15, 0.2) is 36.7 Å². The standard InChI is InChI=1S/C12H13F2N3O/c13-12(14)17-6-5-16-11(17)8-15-7-9-3-1-2-4-10(9)18/h1-6,12,15,18H,7-8H2. The number of aromatic hydroxyl groups is 1. The molecule has 2 rings (SSSR count). The lowest BCUT2D eigenvalue weighted by Crippen LogP contribution is -2.17. The second-order valence-electron chi connectivity index (χ2n) is 3.76. The van der Waals surface area contributed by atoms with Crippen molar-refractivity contribution in [2.24, 2.45) is 0 Å². The summed E-state index contributed by atoms with van der Waals surface area (Å²) >= 11 is 0. The number of hydrogen-bond donors (Lipinski definition) is 2. The third kappa shape index (κ3) is 2.84. The molecule has 1 heterocycles. The van der Waals surface area contributed by atoms with Gasteiger partial charge in [0.2, 0.25) is 0 Å². The zero-order chi connectivity index (χ0) is 13.0. The third-order valence-corrected chi connectivity index (χ3v) is 2.55. The second-order valence-corrected chi connectivity index (χ2v) is 3.76. The van der Waals surface area contributed by atoms with E-state index in [0.29, 0.717) is 12.1 Å². The predicted molar refractivity (Wildman–Crippen MR) is 62.1 cm³/mol.